The number of carbonyl (C=O) groups excluding carboxylic acids is 1. The summed E-state index contributed by atoms with van der Waals surface area (Å²) in [5.41, 5.74) is 0.497. The Labute approximate surface area is 106 Å². The lowest BCUT2D eigenvalue weighted by Gasteiger charge is -2.21. The molecule has 1 atom stereocenters. The van der Waals surface area contributed by atoms with E-state index < -0.39 is 0 Å². The van der Waals surface area contributed by atoms with Gasteiger partial charge < -0.3 is 10.6 Å². The maximum Gasteiger partial charge on any atom is 0.221 e. The molecule has 1 rings (SSSR count). The number of nitrogens with one attached hydrogen (secondary N) is 2. The van der Waals surface area contributed by atoms with Crippen molar-refractivity contribution in [2.24, 2.45) is 5.41 Å². The van der Waals surface area contributed by atoms with E-state index in [0.29, 0.717) is 17.9 Å². The van der Waals surface area contributed by atoms with Crippen LogP contribution in [0.3, 0.4) is 0 Å². The minimum Gasteiger partial charge on any atom is -0.353 e. The van der Waals surface area contributed by atoms with Crippen molar-refractivity contribution >= 4 is 5.91 Å². The zero-order valence-corrected chi connectivity index (χ0v) is 12.0. The quantitative estimate of drug-likeness (QED) is 0.792. The predicted molar refractivity (Wildman–Crippen MR) is 71.9 cm³/mol. The van der Waals surface area contributed by atoms with Gasteiger partial charge in [-0.15, -0.1) is 0 Å². The van der Waals surface area contributed by atoms with Gasteiger partial charge in [0.15, 0.2) is 0 Å². The second kappa shape index (κ2) is 5.38. The normalized spacial score (nSPS) is 23.7. The van der Waals surface area contributed by atoms with Gasteiger partial charge in [0.2, 0.25) is 5.91 Å². The minimum absolute atomic E-state index is 0.0929. The molecule has 3 heteroatoms. The van der Waals surface area contributed by atoms with Crippen LogP contribution in [-0.4, -0.2) is 24.0 Å². The molecule has 0 aromatic rings. The third-order valence-electron chi connectivity index (χ3n) is 3.34. The van der Waals surface area contributed by atoms with Gasteiger partial charge in [0.05, 0.1) is 0 Å². The lowest BCUT2D eigenvalue weighted by atomic mass is 9.92. The summed E-state index contributed by atoms with van der Waals surface area (Å²) in [6, 6.07) is 0.395. The van der Waals surface area contributed by atoms with Crippen LogP contribution >= 0.6 is 0 Å². The first-order chi connectivity index (χ1) is 7.68. The first-order valence-electron chi connectivity index (χ1n) is 6.72. The highest BCUT2D eigenvalue weighted by atomic mass is 16.1. The first kappa shape index (κ1) is 14.5. The van der Waals surface area contributed by atoms with Crippen molar-refractivity contribution in [3.63, 3.8) is 0 Å². The molecule has 0 bridgehead atoms. The van der Waals surface area contributed by atoms with Crippen LogP contribution < -0.4 is 10.6 Å². The van der Waals surface area contributed by atoms with Gasteiger partial charge in [-0.25, -0.2) is 0 Å². The van der Waals surface area contributed by atoms with Crippen LogP contribution in [0.2, 0.25) is 0 Å². The molecule has 1 amide bonds. The smallest absolute Gasteiger partial charge is 0.221 e. The summed E-state index contributed by atoms with van der Waals surface area (Å²) in [7, 11) is 0. The standard InChI is InChI=1S/C14H28N2O/c1-13(2,3)15-9-7-12(17)16-11-6-8-14(4,5)10-11/h11,15H,6-10H2,1-5H3,(H,16,17). The Morgan fingerprint density at radius 2 is 2.00 bits per heavy atom. The summed E-state index contributed by atoms with van der Waals surface area (Å²) in [6.07, 6.45) is 4.04. The van der Waals surface area contributed by atoms with E-state index in [0.717, 1.165) is 19.4 Å². The molecule has 1 aliphatic carbocycles. The number of hydrogen-bond donors (Lipinski definition) is 2. The lowest BCUT2D eigenvalue weighted by Crippen LogP contribution is -2.40. The maximum absolute atomic E-state index is 11.7. The van der Waals surface area contributed by atoms with E-state index in [1.165, 1.54) is 6.42 Å². The maximum atomic E-state index is 11.7. The van der Waals surface area contributed by atoms with Crippen molar-refractivity contribution in [2.75, 3.05) is 6.54 Å². The highest BCUT2D eigenvalue weighted by Crippen LogP contribution is 2.36. The van der Waals surface area contributed by atoms with Gasteiger partial charge in [-0.3, -0.25) is 4.79 Å². The molecule has 3 nitrogen and oxygen atoms in total. The number of carbonyl (C=O) groups is 1. The van der Waals surface area contributed by atoms with Crippen molar-refractivity contribution in [1.82, 2.24) is 10.6 Å². The minimum atomic E-state index is 0.0929. The van der Waals surface area contributed by atoms with E-state index in [4.69, 9.17) is 0 Å². The van der Waals surface area contributed by atoms with E-state index in [1.54, 1.807) is 0 Å². The number of hydrogen-bond acceptors (Lipinski definition) is 2. The molecular formula is C14H28N2O. The van der Waals surface area contributed by atoms with Gasteiger partial charge in [-0.1, -0.05) is 13.8 Å². The Morgan fingerprint density at radius 1 is 1.35 bits per heavy atom. The molecule has 0 spiro atoms. The predicted octanol–water partition coefficient (Wildman–Crippen LogP) is 2.46. The molecule has 2 N–H and O–H groups in total. The van der Waals surface area contributed by atoms with Crippen molar-refractivity contribution in [3.8, 4) is 0 Å². The van der Waals surface area contributed by atoms with E-state index in [1.807, 2.05) is 0 Å². The second-order valence-electron chi connectivity index (χ2n) is 7.10. The SMILES string of the molecule is CC1(C)CCC(NC(=O)CCNC(C)(C)C)C1. The Balaban J connectivity index is 2.18. The lowest BCUT2D eigenvalue weighted by molar-refractivity contribution is -0.121. The van der Waals surface area contributed by atoms with E-state index in [-0.39, 0.29) is 11.4 Å². The van der Waals surface area contributed by atoms with Crippen molar-refractivity contribution in [3.05, 3.63) is 0 Å². The summed E-state index contributed by atoms with van der Waals surface area (Å²) in [5, 5.41) is 6.47. The Morgan fingerprint density at radius 3 is 2.47 bits per heavy atom. The average molecular weight is 240 g/mol. The number of rotatable bonds is 4. The molecule has 1 saturated carbocycles. The van der Waals surface area contributed by atoms with Crippen LogP contribution in [0.4, 0.5) is 0 Å². The molecular weight excluding hydrogens is 212 g/mol. The average Bonchev–Trinajstić information content (AvgIpc) is 2.42. The number of amides is 1. The summed E-state index contributed by atoms with van der Waals surface area (Å²) < 4.78 is 0. The fourth-order valence-electron chi connectivity index (χ4n) is 2.41. The molecule has 0 aliphatic heterocycles. The van der Waals surface area contributed by atoms with Gasteiger partial charge in [0, 0.05) is 24.5 Å². The van der Waals surface area contributed by atoms with Crippen LogP contribution in [-0.2, 0) is 4.79 Å². The molecule has 0 heterocycles. The van der Waals surface area contributed by atoms with Gasteiger partial charge in [-0.05, 0) is 45.4 Å². The van der Waals surface area contributed by atoms with E-state index >= 15 is 0 Å². The Hall–Kier alpha value is -0.570. The van der Waals surface area contributed by atoms with Crippen LogP contribution in [0.1, 0.15) is 60.3 Å². The summed E-state index contributed by atoms with van der Waals surface area (Å²) in [4.78, 5) is 11.7. The molecule has 1 fully saturated rings. The third-order valence-corrected chi connectivity index (χ3v) is 3.34. The molecule has 1 aliphatic rings. The van der Waals surface area contributed by atoms with Crippen LogP contribution in [0.15, 0.2) is 0 Å². The fraction of sp³-hybridized carbons (Fsp3) is 0.929. The van der Waals surface area contributed by atoms with E-state index in [9.17, 15) is 4.79 Å². The van der Waals surface area contributed by atoms with E-state index in [2.05, 4.69) is 45.3 Å². The summed E-state index contributed by atoms with van der Waals surface area (Å²) in [6.45, 7) is 11.7. The molecule has 1 unspecified atom stereocenters. The highest BCUT2D eigenvalue weighted by molar-refractivity contribution is 5.76. The first-order valence-corrected chi connectivity index (χ1v) is 6.72. The molecule has 0 radical (unpaired) electrons. The largest absolute Gasteiger partial charge is 0.353 e. The van der Waals surface area contributed by atoms with Gasteiger partial charge in [0.25, 0.3) is 0 Å². The van der Waals surface area contributed by atoms with Crippen molar-refractivity contribution in [2.45, 2.75) is 71.9 Å². The van der Waals surface area contributed by atoms with Crippen LogP contribution in [0.25, 0.3) is 0 Å². The second-order valence-corrected chi connectivity index (χ2v) is 7.10. The Kier molecular flexibility index (Phi) is 4.59. The van der Waals surface area contributed by atoms with Crippen LogP contribution in [0.5, 0.6) is 0 Å². The summed E-state index contributed by atoms with van der Waals surface area (Å²) >= 11 is 0. The molecule has 0 aromatic heterocycles. The topological polar surface area (TPSA) is 41.1 Å². The van der Waals surface area contributed by atoms with Gasteiger partial charge in [0.1, 0.15) is 0 Å². The highest BCUT2D eigenvalue weighted by Gasteiger charge is 2.31. The zero-order valence-electron chi connectivity index (χ0n) is 12.0. The van der Waals surface area contributed by atoms with Crippen molar-refractivity contribution < 1.29 is 4.79 Å². The van der Waals surface area contributed by atoms with Gasteiger partial charge in [-0.2, -0.15) is 0 Å². The third kappa shape index (κ3) is 6.06. The molecule has 100 valence electrons. The van der Waals surface area contributed by atoms with Crippen molar-refractivity contribution in [1.29, 1.82) is 0 Å². The zero-order chi connectivity index (χ0) is 13.1. The monoisotopic (exact) mass is 240 g/mol. The molecule has 0 saturated heterocycles. The Bertz CT molecular complexity index is 266. The fourth-order valence-corrected chi connectivity index (χ4v) is 2.41. The molecule has 0 aromatic carbocycles. The van der Waals surface area contributed by atoms with Gasteiger partial charge >= 0.3 is 0 Å². The molecule has 17 heavy (non-hydrogen) atoms. The van der Waals surface area contributed by atoms with Crippen LogP contribution in [0, 0.1) is 5.41 Å². The summed E-state index contributed by atoms with van der Waals surface area (Å²) in [5.74, 6) is 0.185.